The number of ether oxygens (including phenoxy) is 1. The number of rotatable bonds is 8. The van der Waals surface area contributed by atoms with Gasteiger partial charge in [-0.25, -0.2) is 4.79 Å². The average Bonchev–Trinajstić information content (AvgIpc) is 2.75. The van der Waals surface area contributed by atoms with Crippen molar-refractivity contribution in [1.82, 2.24) is 14.9 Å². The molecule has 12 heteroatoms. The summed E-state index contributed by atoms with van der Waals surface area (Å²) >= 11 is 0. The van der Waals surface area contributed by atoms with Crippen LogP contribution in [0, 0.1) is 0 Å². The SMILES string of the molecule is NCCCCN1CCC(c2c[nH]c(NC(=O)Nc3ccccc3OC(F)(F)F)nc2=O)CC1. The first-order chi connectivity index (χ1) is 15.7. The number of nitrogens with one attached hydrogen (secondary N) is 3. The molecule has 33 heavy (non-hydrogen) atoms. The molecule has 1 aromatic heterocycles. The fraction of sp³-hybridized carbons (Fsp3) is 0.476. The van der Waals surface area contributed by atoms with Gasteiger partial charge in [0.1, 0.15) is 0 Å². The summed E-state index contributed by atoms with van der Waals surface area (Å²) < 4.78 is 41.5. The standard InChI is InChI=1S/C21H27F3N6O3/c22-21(23,24)33-17-6-2-1-5-16(17)27-20(32)29-19-26-13-15(18(31)28-19)14-7-11-30(12-8-14)10-4-3-9-25/h1-2,5-6,13-14H,3-4,7-12,25H2,(H3,26,27,28,29,31,32). The molecular formula is C21H27F3N6O3. The van der Waals surface area contributed by atoms with Crippen LogP contribution >= 0.6 is 0 Å². The molecule has 0 spiro atoms. The lowest BCUT2D eigenvalue weighted by Crippen LogP contribution is -2.35. The van der Waals surface area contributed by atoms with Crippen molar-refractivity contribution in [2.45, 2.75) is 38.0 Å². The molecule has 0 radical (unpaired) electrons. The number of carbonyl (C=O) groups excluding carboxylic acids is 1. The molecule has 1 saturated heterocycles. The normalized spacial score (nSPS) is 15.3. The Hall–Kier alpha value is -3.12. The van der Waals surface area contributed by atoms with Gasteiger partial charge in [-0.3, -0.25) is 10.1 Å². The van der Waals surface area contributed by atoms with Gasteiger partial charge in [0.15, 0.2) is 5.75 Å². The minimum absolute atomic E-state index is 0.0706. The number of amides is 2. The molecule has 0 saturated carbocycles. The van der Waals surface area contributed by atoms with E-state index < -0.39 is 23.7 Å². The van der Waals surface area contributed by atoms with Gasteiger partial charge < -0.3 is 25.7 Å². The highest BCUT2D eigenvalue weighted by Gasteiger charge is 2.32. The van der Waals surface area contributed by atoms with Gasteiger partial charge >= 0.3 is 12.4 Å². The number of alkyl halides is 3. The number of hydrogen-bond acceptors (Lipinski definition) is 6. The maximum absolute atomic E-state index is 12.5. The highest BCUT2D eigenvalue weighted by Crippen LogP contribution is 2.30. The maximum atomic E-state index is 12.5. The Morgan fingerprint density at radius 2 is 1.94 bits per heavy atom. The lowest BCUT2D eigenvalue weighted by Gasteiger charge is -2.31. The number of halogens is 3. The van der Waals surface area contributed by atoms with E-state index in [1.165, 1.54) is 24.4 Å². The van der Waals surface area contributed by atoms with Crippen molar-refractivity contribution >= 4 is 17.7 Å². The molecule has 0 aliphatic carbocycles. The Morgan fingerprint density at radius 3 is 2.61 bits per heavy atom. The Labute approximate surface area is 188 Å². The molecule has 1 aromatic carbocycles. The van der Waals surface area contributed by atoms with Crippen LogP contribution in [0.3, 0.4) is 0 Å². The quantitative estimate of drug-likeness (QED) is 0.441. The van der Waals surface area contributed by atoms with Gasteiger partial charge in [-0.15, -0.1) is 13.2 Å². The first kappa shape index (κ1) is 24.5. The molecule has 1 aliphatic heterocycles. The van der Waals surface area contributed by atoms with Crippen molar-refractivity contribution in [3.05, 3.63) is 46.4 Å². The van der Waals surface area contributed by atoms with Crippen LogP contribution in [0.2, 0.25) is 0 Å². The predicted molar refractivity (Wildman–Crippen MR) is 117 cm³/mol. The second kappa shape index (κ2) is 11.1. The molecule has 2 aromatic rings. The van der Waals surface area contributed by atoms with Gasteiger partial charge in [0.2, 0.25) is 5.95 Å². The van der Waals surface area contributed by atoms with E-state index in [-0.39, 0.29) is 17.6 Å². The zero-order valence-electron chi connectivity index (χ0n) is 18.0. The first-order valence-electron chi connectivity index (χ1n) is 10.7. The van der Waals surface area contributed by atoms with Crippen LogP contribution in [0.25, 0.3) is 0 Å². The van der Waals surface area contributed by atoms with Crippen LogP contribution in [-0.2, 0) is 0 Å². The zero-order chi connectivity index (χ0) is 23.8. The molecule has 2 amide bonds. The van der Waals surface area contributed by atoms with E-state index in [9.17, 15) is 22.8 Å². The number of anilines is 2. The number of carbonyl (C=O) groups is 1. The van der Waals surface area contributed by atoms with Crippen molar-refractivity contribution in [1.29, 1.82) is 0 Å². The Balaban J connectivity index is 1.57. The molecule has 5 N–H and O–H groups in total. The highest BCUT2D eigenvalue weighted by molar-refractivity contribution is 5.99. The number of aromatic amines is 1. The Morgan fingerprint density at radius 1 is 1.21 bits per heavy atom. The largest absolute Gasteiger partial charge is 0.573 e. The molecule has 0 bridgehead atoms. The maximum Gasteiger partial charge on any atom is 0.573 e. The Kier molecular flexibility index (Phi) is 8.28. The number of benzene rings is 1. The number of urea groups is 1. The molecule has 2 heterocycles. The number of likely N-dealkylation sites (tertiary alicyclic amines) is 1. The van der Waals surface area contributed by atoms with E-state index in [4.69, 9.17) is 5.73 Å². The smallest absolute Gasteiger partial charge is 0.404 e. The van der Waals surface area contributed by atoms with Gasteiger partial charge in [0.25, 0.3) is 5.56 Å². The van der Waals surface area contributed by atoms with E-state index in [2.05, 4.69) is 30.2 Å². The number of aromatic nitrogens is 2. The first-order valence-corrected chi connectivity index (χ1v) is 10.7. The van der Waals surface area contributed by atoms with Gasteiger partial charge in [-0.1, -0.05) is 12.1 Å². The lowest BCUT2D eigenvalue weighted by atomic mass is 9.91. The van der Waals surface area contributed by atoms with E-state index >= 15 is 0 Å². The summed E-state index contributed by atoms with van der Waals surface area (Å²) in [6, 6.07) is 4.23. The number of piperidine rings is 1. The molecule has 1 aliphatic rings. The van der Waals surface area contributed by atoms with Crippen LogP contribution in [0.4, 0.5) is 29.6 Å². The van der Waals surface area contributed by atoms with E-state index in [1.807, 2.05) is 0 Å². The summed E-state index contributed by atoms with van der Waals surface area (Å²) in [5, 5.41) is 4.57. The number of nitrogens with zero attached hydrogens (tertiary/aromatic N) is 2. The number of para-hydroxylation sites is 2. The number of nitrogens with two attached hydrogens (primary N) is 1. The van der Waals surface area contributed by atoms with Gasteiger partial charge in [-0.05, 0) is 69.9 Å². The topological polar surface area (TPSA) is 125 Å². The average molecular weight is 468 g/mol. The second-order valence-electron chi connectivity index (χ2n) is 7.74. The van der Waals surface area contributed by atoms with Crippen molar-refractivity contribution in [2.75, 3.05) is 36.8 Å². The second-order valence-corrected chi connectivity index (χ2v) is 7.74. The summed E-state index contributed by atoms with van der Waals surface area (Å²) in [4.78, 5) is 33.7. The minimum Gasteiger partial charge on any atom is -0.404 e. The monoisotopic (exact) mass is 468 g/mol. The summed E-state index contributed by atoms with van der Waals surface area (Å²) in [6.07, 6.45) is 0.330. The third-order valence-corrected chi connectivity index (χ3v) is 5.37. The van der Waals surface area contributed by atoms with Crippen molar-refractivity contribution in [2.24, 2.45) is 5.73 Å². The minimum atomic E-state index is -4.91. The summed E-state index contributed by atoms with van der Waals surface area (Å²) in [5.41, 5.74) is 5.43. The highest BCUT2D eigenvalue weighted by atomic mass is 19.4. The molecular weight excluding hydrogens is 441 g/mol. The fourth-order valence-electron chi connectivity index (χ4n) is 3.75. The van der Waals surface area contributed by atoms with Crippen LogP contribution in [-0.4, -0.2) is 53.4 Å². The lowest BCUT2D eigenvalue weighted by molar-refractivity contribution is -0.274. The van der Waals surface area contributed by atoms with Crippen LogP contribution in [0.1, 0.15) is 37.2 Å². The third-order valence-electron chi connectivity index (χ3n) is 5.37. The van der Waals surface area contributed by atoms with E-state index in [1.54, 1.807) is 0 Å². The van der Waals surface area contributed by atoms with Gasteiger partial charge in [0, 0.05) is 11.8 Å². The number of hydrogen-bond donors (Lipinski definition) is 4. The van der Waals surface area contributed by atoms with Crippen LogP contribution < -0.4 is 26.7 Å². The zero-order valence-corrected chi connectivity index (χ0v) is 18.0. The number of unbranched alkanes of at least 4 members (excludes halogenated alkanes) is 1. The molecule has 180 valence electrons. The third kappa shape index (κ3) is 7.46. The van der Waals surface area contributed by atoms with E-state index in [0.29, 0.717) is 12.1 Å². The van der Waals surface area contributed by atoms with Gasteiger partial charge in [-0.2, -0.15) is 4.98 Å². The molecule has 0 atom stereocenters. The van der Waals surface area contributed by atoms with Gasteiger partial charge in [0.05, 0.1) is 5.69 Å². The summed E-state index contributed by atoms with van der Waals surface area (Å²) in [7, 11) is 0. The predicted octanol–water partition coefficient (Wildman–Crippen LogP) is 3.23. The molecule has 0 unspecified atom stereocenters. The molecule has 1 fully saturated rings. The molecule has 3 rings (SSSR count). The fourth-order valence-corrected chi connectivity index (χ4v) is 3.75. The summed E-state index contributed by atoms with van der Waals surface area (Å²) in [5.74, 6) is -0.609. The Bertz CT molecular complexity index is 990. The number of H-pyrrole nitrogens is 1. The van der Waals surface area contributed by atoms with Crippen molar-refractivity contribution < 1.29 is 22.7 Å². The van der Waals surface area contributed by atoms with Crippen LogP contribution in [0.5, 0.6) is 5.75 Å². The van der Waals surface area contributed by atoms with Crippen LogP contribution in [0.15, 0.2) is 35.3 Å². The molecule has 9 nitrogen and oxygen atoms in total. The van der Waals surface area contributed by atoms with Crippen molar-refractivity contribution in [3.8, 4) is 5.75 Å². The summed E-state index contributed by atoms with van der Waals surface area (Å²) in [6.45, 7) is 3.45. The van der Waals surface area contributed by atoms with Crippen molar-refractivity contribution in [3.63, 3.8) is 0 Å². The van der Waals surface area contributed by atoms with E-state index in [0.717, 1.165) is 51.4 Å².